The number of thioether (sulfide) groups is 2. The lowest BCUT2D eigenvalue weighted by atomic mass is 10.2. The Balaban J connectivity index is 1.60. The molecule has 0 unspecified atom stereocenters. The van der Waals surface area contributed by atoms with Gasteiger partial charge in [-0.25, -0.2) is 9.69 Å². The minimum Gasteiger partial charge on any atom is -0.429 e. The number of hydrogen-bond acceptors (Lipinski definition) is 9. The van der Waals surface area contributed by atoms with Gasteiger partial charge in [0.05, 0.1) is 20.4 Å². The van der Waals surface area contributed by atoms with Gasteiger partial charge in [0, 0.05) is 12.1 Å². The molecule has 11 heteroatoms. The molecule has 0 aliphatic carbocycles. The van der Waals surface area contributed by atoms with Crippen molar-refractivity contribution >= 4 is 52.9 Å². The van der Waals surface area contributed by atoms with Crippen molar-refractivity contribution in [1.82, 2.24) is 0 Å². The predicted molar refractivity (Wildman–Crippen MR) is 126 cm³/mol. The van der Waals surface area contributed by atoms with Crippen molar-refractivity contribution in [2.75, 3.05) is 16.4 Å². The second-order valence-corrected chi connectivity index (χ2v) is 9.08. The van der Waals surface area contributed by atoms with Crippen molar-refractivity contribution in [2.45, 2.75) is 20.5 Å². The summed E-state index contributed by atoms with van der Waals surface area (Å²) in [5, 5.41) is 10.7. The van der Waals surface area contributed by atoms with Crippen LogP contribution in [0, 0.1) is 10.1 Å². The molecule has 2 aromatic carbocycles. The van der Waals surface area contributed by atoms with Gasteiger partial charge >= 0.3 is 6.16 Å². The summed E-state index contributed by atoms with van der Waals surface area (Å²) in [6.45, 7) is 3.75. The van der Waals surface area contributed by atoms with Crippen molar-refractivity contribution in [1.29, 1.82) is 0 Å². The molecule has 1 aliphatic rings. The highest BCUT2D eigenvalue weighted by Gasteiger charge is 2.39. The molecule has 0 saturated heterocycles. The number of carbonyl (C=O) groups is 3. The van der Waals surface area contributed by atoms with E-state index in [4.69, 9.17) is 9.47 Å². The van der Waals surface area contributed by atoms with E-state index in [0.29, 0.717) is 32.6 Å². The molecule has 0 aromatic heterocycles. The van der Waals surface area contributed by atoms with E-state index in [9.17, 15) is 24.5 Å². The minimum atomic E-state index is -0.968. The normalized spacial score (nSPS) is 13.5. The number of nitro benzene ring substituents is 1. The molecule has 0 bridgehead atoms. The monoisotopic (exact) mass is 488 g/mol. The maximum absolute atomic E-state index is 12.8. The molecule has 3 rings (SSSR count). The third-order valence-corrected chi connectivity index (χ3v) is 6.42. The molecule has 0 spiro atoms. The van der Waals surface area contributed by atoms with Crippen LogP contribution in [0.5, 0.6) is 5.75 Å². The van der Waals surface area contributed by atoms with Gasteiger partial charge in [-0.15, -0.1) is 23.5 Å². The van der Waals surface area contributed by atoms with Crippen LogP contribution in [0.25, 0.3) is 0 Å². The maximum atomic E-state index is 12.8. The van der Waals surface area contributed by atoms with Crippen molar-refractivity contribution in [3.05, 3.63) is 74.0 Å². The van der Waals surface area contributed by atoms with E-state index in [1.807, 2.05) is 13.8 Å². The molecule has 1 aliphatic heterocycles. The Morgan fingerprint density at radius 2 is 1.48 bits per heavy atom. The number of non-ortho nitro benzene ring substituents is 1. The Morgan fingerprint density at radius 3 is 1.97 bits per heavy atom. The standard InChI is InChI=1S/C22H20N2O7S2/c1-3-32-18-19(33-4-2)21(26)23(20(18)25)15-7-5-14(6-8-15)13-30-22(27)31-17-11-9-16(10-12-17)24(28)29/h5-12H,3-4,13H2,1-2H3. The molecule has 9 nitrogen and oxygen atoms in total. The number of carbonyl (C=O) groups excluding carboxylic acids is 3. The molecule has 0 fully saturated rings. The number of rotatable bonds is 9. The molecule has 0 N–H and O–H groups in total. The quantitative estimate of drug-likeness (QED) is 0.160. The molecule has 33 heavy (non-hydrogen) atoms. The summed E-state index contributed by atoms with van der Waals surface area (Å²) in [6, 6.07) is 11.5. The van der Waals surface area contributed by atoms with Gasteiger partial charge in [-0.1, -0.05) is 26.0 Å². The summed E-state index contributed by atoms with van der Waals surface area (Å²) >= 11 is 2.71. The molecule has 172 valence electrons. The zero-order chi connectivity index (χ0) is 24.0. The largest absolute Gasteiger partial charge is 0.514 e. The van der Waals surface area contributed by atoms with Crippen LogP contribution in [-0.2, 0) is 20.9 Å². The summed E-state index contributed by atoms with van der Waals surface area (Å²) in [5.74, 6) is 0.808. The minimum absolute atomic E-state index is 0.0971. The van der Waals surface area contributed by atoms with E-state index in [0.717, 1.165) is 4.90 Å². The Bertz CT molecular complexity index is 1070. The van der Waals surface area contributed by atoms with Crippen LogP contribution >= 0.6 is 23.5 Å². The smallest absolute Gasteiger partial charge is 0.429 e. The van der Waals surface area contributed by atoms with E-state index >= 15 is 0 Å². The molecule has 0 radical (unpaired) electrons. The molecule has 2 amide bonds. The van der Waals surface area contributed by atoms with Crippen molar-refractivity contribution in [2.24, 2.45) is 0 Å². The highest BCUT2D eigenvalue weighted by atomic mass is 32.2. The lowest BCUT2D eigenvalue weighted by Crippen LogP contribution is -2.31. The molecule has 0 saturated carbocycles. The second kappa shape index (κ2) is 11.0. The van der Waals surface area contributed by atoms with Crippen LogP contribution in [-0.4, -0.2) is 34.4 Å². The summed E-state index contributed by atoms with van der Waals surface area (Å²) in [4.78, 5) is 49.7. The van der Waals surface area contributed by atoms with E-state index in [1.54, 1.807) is 24.3 Å². The van der Waals surface area contributed by atoms with Gasteiger partial charge in [0.2, 0.25) is 0 Å². The third kappa shape index (κ3) is 5.74. The van der Waals surface area contributed by atoms with Crippen LogP contribution in [0.2, 0.25) is 0 Å². The lowest BCUT2D eigenvalue weighted by molar-refractivity contribution is -0.384. The highest BCUT2D eigenvalue weighted by molar-refractivity contribution is 8.08. The SMILES string of the molecule is CCSC1=C(SCC)C(=O)N(c2ccc(COC(=O)Oc3ccc([N+](=O)[O-])cc3)cc2)C1=O. The molecule has 0 atom stereocenters. The first kappa shape index (κ1) is 24.3. The molecule has 1 heterocycles. The lowest BCUT2D eigenvalue weighted by Gasteiger charge is -2.15. The number of imide groups is 1. The number of benzene rings is 2. The second-order valence-electron chi connectivity index (χ2n) is 6.53. The number of hydrogen-bond donors (Lipinski definition) is 0. The first-order valence-electron chi connectivity index (χ1n) is 9.92. The molecule has 2 aromatic rings. The number of nitrogens with zero attached hydrogens (tertiary/aromatic N) is 2. The van der Waals surface area contributed by atoms with Crippen LogP contribution in [0.4, 0.5) is 16.2 Å². The van der Waals surface area contributed by atoms with Crippen LogP contribution < -0.4 is 9.64 Å². The van der Waals surface area contributed by atoms with Gasteiger partial charge < -0.3 is 9.47 Å². The number of anilines is 1. The van der Waals surface area contributed by atoms with Crippen molar-refractivity contribution < 1.29 is 28.8 Å². The Labute approximate surface area is 198 Å². The topological polar surface area (TPSA) is 116 Å². The maximum Gasteiger partial charge on any atom is 0.514 e. The number of amides is 2. The molecular formula is C22H20N2O7S2. The summed E-state index contributed by atoms with van der Waals surface area (Å²) < 4.78 is 10.0. The first-order chi connectivity index (χ1) is 15.8. The zero-order valence-corrected chi connectivity index (χ0v) is 19.4. The van der Waals surface area contributed by atoms with Gasteiger partial charge in [0.1, 0.15) is 12.4 Å². The predicted octanol–water partition coefficient (Wildman–Crippen LogP) is 4.90. The van der Waals surface area contributed by atoms with Gasteiger partial charge in [0.15, 0.2) is 0 Å². The fraction of sp³-hybridized carbons (Fsp3) is 0.227. The van der Waals surface area contributed by atoms with Gasteiger partial charge in [-0.05, 0) is 41.3 Å². The average molecular weight is 489 g/mol. The van der Waals surface area contributed by atoms with Gasteiger partial charge in [-0.3, -0.25) is 19.7 Å². The fourth-order valence-electron chi connectivity index (χ4n) is 2.91. The Morgan fingerprint density at radius 1 is 0.939 bits per heavy atom. The summed E-state index contributed by atoms with van der Waals surface area (Å²) in [6.07, 6.45) is -0.968. The van der Waals surface area contributed by atoms with E-state index < -0.39 is 11.1 Å². The van der Waals surface area contributed by atoms with Gasteiger partial charge in [0.25, 0.3) is 17.5 Å². The zero-order valence-electron chi connectivity index (χ0n) is 17.8. The van der Waals surface area contributed by atoms with Crippen molar-refractivity contribution in [3.8, 4) is 5.75 Å². The van der Waals surface area contributed by atoms with Gasteiger partial charge in [-0.2, -0.15) is 0 Å². The van der Waals surface area contributed by atoms with E-state index in [-0.39, 0.29) is 29.9 Å². The molecular weight excluding hydrogens is 468 g/mol. The van der Waals surface area contributed by atoms with Crippen LogP contribution in [0.3, 0.4) is 0 Å². The van der Waals surface area contributed by atoms with E-state index in [1.165, 1.54) is 47.8 Å². The Hall–Kier alpha value is -3.31. The van der Waals surface area contributed by atoms with E-state index in [2.05, 4.69) is 0 Å². The summed E-state index contributed by atoms with van der Waals surface area (Å²) in [5.41, 5.74) is 0.933. The van der Waals surface area contributed by atoms with Crippen molar-refractivity contribution in [3.63, 3.8) is 0 Å². The number of ether oxygens (including phenoxy) is 2. The Kier molecular flexibility index (Phi) is 8.12. The number of nitro groups is 1. The highest BCUT2D eigenvalue weighted by Crippen LogP contribution is 2.38. The fourth-order valence-corrected chi connectivity index (χ4v) is 4.71. The third-order valence-electron chi connectivity index (χ3n) is 4.38. The first-order valence-corrected chi connectivity index (χ1v) is 11.9. The van der Waals surface area contributed by atoms with Crippen LogP contribution in [0.1, 0.15) is 19.4 Å². The average Bonchev–Trinajstić information content (AvgIpc) is 3.03. The van der Waals surface area contributed by atoms with Crippen LogP contribution in [0.15, 0.2) is 58.3 Å². The summed E-state index contributed by atoms with van der Waals surface area (Å²) in [7, 11) is 0.